The molecule has 0 saturated carbocycles. The number of oxime groups is 1. The summed E-state index contributed by atoms with van der Waals surface area (Å²) in [6.45, 7) is 3.72. The number of nitrogens with one attached hydrogen (secondary N) is 1. The Bertz CT molecular complexity index is 1020. The van der Waals surface area contributed by atoms with E-state index in [2.05, 4.69) is 15.5 Å². The Hall–Kier alpha value is -3.87. The fraction of sp³-hybridized carbons (Fsp3) is 0.136. The predicted octanol–water partition coefficient (Wildman–Crippen LogP) is 3.77. The number of nitrogens with zero attached hydrogens (tertiary/aromatic N) is 2. The number of hydrogen-bond acceptors (Lipinski definition) is 5. The minimum Gasteiger partial charge on any atom is -0.438 e. The standard InChI is InChI=1S/C22H22N4O3/c1-15-10-11-17(13-16(15)2)25-20(27)14-28-26-21(23)19-9-6-12-24-22(19)29-18-7-4-3-5-8-18/h3-13H,14H2,1-2H3,(H2,23,26)(H,25,27). The largest absolute Gasteiger partial charge is 0.438 e. The van der Waals surface area contributed by atoms with E-state index in [9.17, 15) is 4.79 Å². The number of hydrogen-bond donors (Lipinski definition) is 2. The monoisotopic (exact) mass is 390 g/mol. The van der Waals surface area contributed by atoms with Gasteiger partial charge in [0.05, 0.1) is 5.56 Å². The molecule has 7 heteroatoms. The molecule has 148 valence electrons. The SMILES string of the molecule is Cc1ccc(NC(=O)CO/N=C(\N)c2cccnc2Oc2ccccc2)cc1C. The van der Waals surface area contributed by atoms with Gasteiger partial charge in [-0.15, -0.1) is 0 Å². The number of para-hydroxylation sites is 1. The fourth-order valence-electron chi connectivity index (χ4n) is 2.49. The van der Waals surface area contributed by atoms with E-state index in [1.165, 1.54) is 0 Å². The normalized spacial score (nSPS) is 11.0. The molecule has 3 rings (SSSR count). The van der Waals surface area contributed by atoms with E-state index in [0.29, 0.717) is 22.9 Å². The van der Waals surface area contributed by atoms with Gasteiger partial charge in [0.15, 0.2) is 12.4 Å². The number of amides is 1. The number of anilines is 1. The maximum absolute atomic E-state index is 12.1. The van der Waals surface area contributed by atoms with E-state index in [1.807, 2.05) is 50.2 Å². The van der Waals surface area contributed by atoms with Gasteiger partial charge in [-0.2, -0.15) is 0 Å². The molecule has 2 aromatic carbocycles. The van der Waals surface area contributed by atoms with Gasteiger partial charge in [-0.25, -0.2) is 4.98 Å². The van der Waals surface area contributed by atoms with Crippen molar-refractivity contribution < 1.29 is 14.4 Å². The lowest BCUT2D eigenvalue weighted by Crippen LogP contribution is -2.20. The van der Waals surface area contributed by atoms with Crippen molar-refractivity contribution in [2.75, 3.05) is 11.9 Å². The summed E-state index contributed by atoms with van der Waals surface area (Å²) in [6, 6.07) is 18.3. The van der Waals surface area contributed by atoms with Gasteiger partial charge in [0.25, 0.3) is 5.91 Å². The maximum Gasteiger partial charge on any atom is 0.265 e. The Balaban J connectivity index is 1.61. The lowest BCUT2D eigenvalue weighted by molar-refractivity contribution is -0.120. The van der Waals surface area contributed by atoms with Crippen LogP contribution in [0.3, 0.4) is 0 Å². The molecule has 3 aromatic rings. The van der Waals surface area contributed by atoms with Crippen molar-refractivity contribution in [3.8, 4) is 11.6 Å². The average molecular weight is 390 g/mol. The lowest BCUT2D eigenvalue weighted by atomic mass is 10.1. The van der Waals surface area contributed by atoms with Crippen molar-refractivity contribution in [3.05, 3.63) is 83.6 Å². The second-order valence-corrected chi connectivity index (χ2v) is 6.37. The second kappa shape index (κ2) is 9.36. The minimum atomic E-state index is -0.336. The van der Waals surface area contributed by atoms with Gasteiger partial charge in [-0.05, 0) is 61.4 Å². The number of amidine groups is 1. The number of pyridine rings is 1. The van der Waals surface area contributed by atoms with E-state index in [4.69, 9.17) is 15.3 Å². The molecule has 0 aliphatic rings. The van der Waals surface area contributed by atoms with Crippen molar-refractivity contribution in [2.24, 2.45) is 10.9 Å². The number of aromatic nitrogens is 1. The molecule has 1 amide bonds. The Morgan fingerprint density at radius 3 is 2.62 bits per heavy atom. The highest BCUT2D eigenvalue weighted by molar-refractivity contribution is 5.99. The van der Waals surface area contributed by atoms with Crippen molar-refractivity contribution in [1.29, 1.82) is 0 Å². The van der Waals surface area contributed by atoms with Crippen LogP contribution in [0, 0.1) is 13.8 Å². The van der Waals surface area contributed by atoms with Crippen LogP contribution in [0.1, 0.15) is 16.7 Å². The predicted molar refractivity (Wildman–Crippen MR) is 112 cm³/mol. The second-order valence-electron chi connectivity index (χ2n) is 6.37. The van der Waals surface area contributed by atoms with Crippen molar-refractivity contribution >= 4 is 17.4 Å². The van der Waals surface area contributed by atoms with Gasteiger partial charge in [0, 0.05) is 11.9 Å². The van der Waals surface area contributed by atoms with E-state index in [0.717, 1.165) is 11.1 Å². The maximum atomic E-state index is 12.1. The third-order valence-corrected chi connectivity index (χ3v) is 4.15. The Labute approximate surface area is 169 Å². The zero-order chi connectivity index (χ0) is 20.6. The zero-order valence-electron chi connectivity index (χ0n) is 16.3. The van der Waals surface area contributed by atoms with Crippen LogP contribution >= 0.6 is 0 Å². The highest BCUT2D eigenvalue weighted by atomic mass is 16.6. The van der Waals surface area contributed by atoms with Crippen molar-refractivity contribution in [2.45, 2.75) is 13.8 Å². The van der Waals surface area contributed by atoms with Crippen LogP contribution in [0.15, 0.2) is 72.0 Å². The molecule has 0 radical (unpaired) electrons. The van der Waals surface area contributed by atoms with Crippen LogP contribution in [0.2, 0.25) is 0 Å². The molecular weight excluding hydrogens is 368 g/mol. The number of ether oxygens (including phenoxy) is 1. The molecule has 1 heterocycles. The smallest absolute Gasteiger partial charge is 0.265 e. The first-order valence-corrected chi connectivity index (χ1v) is 9.04. The van der Waals surface area contributed by atoms with E-state index >= 15 is 0 Å². The van der Waals surface area contributed by atoms with Gasteiger partial charge in [0.1, 0.15) is 5.75 Å². The quantitative estimate of drug-likeness (QED) is 0.363. The van der Waals surface area contributed by atoms with Gasteiger partial charge in [-0.3, -0.25) is 4.79 Å². The number of carbonyl (C=O) groups excluding carboxylic acids is 1. The molecule has 7 nitrogen and oxygen atoms in total. The summed E-state index contributed by atoms with van der Waals surface area (Å²) < 4.78 is 5.75. The minimum absolute atomic E-state index is 0.0583. The molecule has 0 spiro atoms. The highest BCUT2D eigenvalue weighted by Gasteiger charge is 2.11. The fourth-order valence-corrected chi connectivity index (χ4v) is 2.49. The van der Waals surface area contributed by atoms with Gasteiger partial charge < -0.3 is 20.6 Å². The third kappa shape index (κ3) is 5.55. The number of nitrogens with two attached hydrogens (primary N) is 1. The van der Waals surface area contributed by atoms with Crippen molar-refractivity contribution in [3.63, 3.8) is 0 Å². The van der Waals surface area contributed by atoms with Crippen LogP contribution in [0.4, 0.5) is 5.69 Å². The first kappa shape index (κ1) is 19.9. The summed E-state index contributed by atoms with van der Waals surface area (Å²) in [5.74, 6) is 0.636. The Morgan fingerprint density at radius 2 is 1.86 bits per heavy atom. The first-order chi connectivity index (χ1) is 14.0. The van der Waals surface area contributed by atoms with Gasteiger partial charge in [0.2, 0.25) is 5.88 Å². The molecule has 0 aliphatic carbocycles. The van der Waals surface area contributed by atoms with Crippen LogP contribution in [0.25, 0.3) is 0 Å². The van der Waals surface area contributed by atoms with Crippen LogP contribution < -0.4 is 15.8 Å². The Morgan fingerprint density at radius 1 is 1.07 bits per heavy atom. The average Bonchev–Trinajstić information content (AvgIpc) is 2.72. The molecule has 0 aliphatic heterocycles. The topological polar surface area (TPSA) is 98.8 Å². The summed E-state index contributed by atoms with van der Waals surface area (Å²) in [5, 5.41) is 6.58. The number of carbonyl (C=O) groups is 1. The van der Waals surface area contributed by atoms with E-state index in [-0.39, 0.29) is 18.3 Å². The van der Waals surface area contributed by atoms with Crippen molar-refractivity contribution in [1.82, 2.24) is 4.98 Å². The molecule has 0 saturated heterocycles. The summed E-state index contributed by atoms with van der Waals surface area (Å²) in [6.07, 6.45) is 1.59. The van der Waals surface area contributed by atoms with Crippen LogP contribution in [0.5, 0.6) is 11.6 Å². The molecular formula is C22H22N4O3. The lowest BCUT2D eigenvalue weighted by Gasteiger charge is -2.09. The number of benzene rings is 2. The van der Waals surface area contributed by atoms with Crippen LogP contribution in [-0.4, -0.2) is 23.3 Å². The summed E-state index contributed by atoms with van der Waals surface area (Å²) in [4.78, 5) is 21.4. The molecule has 29 heavy (non-hydrogen) atoms. The van der Waals surface area contributed by atoms with Crippen LogP contribution in [-0.2, 0) is 9.63 Å². The summed E-state index contributed by atoms with van der Waals surface area (Å²) in [7, 11) is 0. The highest BCUT2D eigenvalue weighted by Crippen LogP contribution is 2.22. The third-order valence-electron chi connectivity index (χ3n) is 4.15. The van der Waals surface area contributed by atoms with E-state index < -0.39 is 0 Å². The zero-order valence-corrected chi connectivity index (χ0v) is 16.3. The van der Waals surface area contributed by atoms with E-state index in [1.54, 1.807) is 30.5 Å². The molecule has 0 atom stereocenters. The molecule has 1 aromatic heterocycles. The van der Waals surface area contributed by atoms with Gasteiger partial charge >= 0.3 is 0 Å². The summed E-state index contributed by atoms with van der Waals surface area (Å²) in [5.41, 5.74) is 9.41. The molecule has 0 fully saturated rings. The number of rotatable bonds is 7. The molecule has 3 N–H and O–H groups in total. The Kier molecular flexibility index (Phi) is 6.42. The summed E-state index contributed by atoms with van der Waals surface area (Å²) >= 11 is 0. The number of aryl methyl sites for hydroxylation is 2. The molecule has 0 unspecified atom stereocenters. The van der Waals surface area contributed by atoms with Gasteiger partial charge in [-0.1, -0.05) is 29.4 Å². The first-order valence-electron chi connectivity index (χ1n) is 9.04. The molecule has 0 bridgehead atoms.